The zero-order chi connectivity index (χ0) is 49.2. The number of carboxylic acid groups (broad SMARTS) is 4. The van der Waals surface area contributed by atoms with Crippen molar-refractivity contribution in [2.75, 3.05) is 26.4 Å². The van der Waals surface area contributed by atoms with Gasteiger partial charge in [-0.1, -0.05) is 0 Å². The van der Waals surface area contributed by atoms with Crippen molar-refractivity contribution in [3.63, 3.8) is 0 Å². The van der Waals surface area contributed by atoms with Crippen LogP contribution in [0.3, 0.4) is 0 Å². The predicted octanol–water partition coefficient (Wildman–Crippen LogP) is 0.725. The summed E-state index contributed by atoms with van der Waals surface area (Å²) in [6.45, 7) is -0.620. The standard InChI is InChI=1S/C42H42N8O17/c43-41(44)47-25-5-1-21(2-6-25)39(61)66-29-15-23(35(55)49-31(37(57)58)19-33(51)52)13-27(17-29)64-11-9-63-10-12-65-28-14-24(36(56)50-32(38(59)60)20-34(53)54)16-30(18-28)67-40(62)22-3-7-26(8-4-22)48-42(45)46/h1-8,13-18,31-32H,9-12,19-20H2,(H,49,55)(H,50,56)(H,51,52)(H,53,54)(H,57,58)(H,59,60)(H4,43,44,47)(H4,45,46,48). The van der Waals surface area contributed by atoms with Crippen LogP contribution in [0.1, 0.15) is 54.3 Å². The number of carboxylic acids is 4. The highest BCUT2D eigenvalue weighted by Crippen LogP contribution is 2.27. The number of rotatable bonds is 24. The number of nitrogens with two attached hydrogens (primary N) is 4. The second-order valence-corrected chi connectivity index (χ2v) is 13.6. The molecule has 25 heteroatoms. The summed E-state index contributed by atoms with van der Waals surface area (Å²) >= 11 is 0. The molecule has 4 rings (SSSR count). The molecule has 0 fully saturated rings. The van der Waals surface area contributed by atoms with E-state index in [4.69, 9.17) is 56.8 Å². The molecule has 2 amide bonds. The van der Waals surface area contributed by atoms with Gasteiger partial charge in [0.25, 0.3) is 11.8 Å². The summed E-state index contributed by atoms with van der Waals surface area (Å²) in [5, 5.41) is 41.2. The van der Waals surface area contributed by atoms with E-state index in [1.165, 1.54) is 72.8 Å². The number of esters is 2. The Hall–Kier alpha value is -9.26. The first kappa shape index (κ1) is 50.4. The van der Waals surface area contributed by atoms with Gasteiger partial charge in [0.05, 0.1) is 48.6 Å². The maximum Gasteiger partial charge on any atom is 0.343 e. The van der Waals surface area contributed by atoms with Gasteiger partial charge in [-0.2, -0.15) is 0 Å². The fraction of sp³-hybridized carbons (Fsp3) is 0.190. The van der Waals surface area contributed by atoms with E-state index in [1.54, 1.807) is 0 Å². The highest BCUT2D eigenvalue weighted by atomic mass is 16.6. The Morgan fingerprint density at radius 1 is 0.478 bits per heavy atom. The van der Waals surface area contributed by atoms with Crippen molar-refractivity contribution in [2.45, 2.75) is 24.9 Å². The molecule has 0 aromatic heterocycles. The fourth-order valence-corrected chi connectivity index (χ4v) is 5.44. The van der Waals surface area contributed by atoms with Gasteiger partial charge in [-0.15, -0.1) is 0 Å². The highest BCUT2D eigenvalue weighted by Gasteiger charge is 2.26. The summed E-state index contributed by atoms with van der Waals surface area (Å²) in [5.41, 5.74) is 21.8. The number of carbonyl (C=O) groups excluding carboxylic acids is 4. The van der Waals surface area contributed by atoms with Crippen molar-refractivity contribution >= 4 is 70.9 Å². The van der Waals surface area contributed by atoms with Gasteiger partial charge in [-0.05, 0) is 72.8 Å². The zero-order valence-electron chi connectivity index (χ0n) is 34.8. The molecule has 0 radical (unpaired) electrons. The maximum absolute atomic E-state index is 13.1. The monoisotopic (exact) mass is 930 g/mol. The third-order valence-corrected chi connectivity index (χ3v) is 8.39. The lowest BCUT2D eigenvalue weighted by atomic mass is 10.1. The number of hydrogen-bond acceptors (Lipinski definition) is 15. The van der Waals surface area contributed by atoms with Crippen LogP contribution in [0.4, 0.5) is 11.4 Å². The van der Waals surface area contributed by atoms with E-state index in [1.807, 2.05) is 0 Å². The minimum absolute atomic E-state index is 0.0526. The Morgan fingerprint density at radius 3 is 1.13 bits per heavy atom. The number of nitrogens with one attached hydrogen (secondary N) is 2. The Balaban J connectivity index is 1.45. The lowest BCUT2D eigenvalue weighted by molar-refractivity contribution is -0.145. The quantitative estimate of drug-likeness (QED) is 0.0152. The minimum atomic E-state index is -1.81. The van der Waals surface area contributed by atoms with Crippen LogP contribution in [0.25, 0.3) is 0 Å². The molecule has 0 saturated carbocycles. The number of hydrogen-bond donors (Lipinski definition) is 10. The van der Waals surface area contributed by atoms with Crippen LogP contribution in [0.5, 0.6) is 23.0 Å². The summed E-state index contributed by atoms with van der Waals surface area (Å²) in [7, 11) is 0. The molecule has 0 aliphatic heterocycles. The second-order valence-electron chi connectivity index (χ2n) is 13.6. The van der Waals surface area contributed by atoms with Crippen molar-refractivity contribution in [3.05, 3.63) is 107 Å². The summed E-state index contributed by atoms with van der Waals surface area (Å²) < 4.78 is 27.9. The molecule has 0 aliphatic rings. The fourth-order valence-electron chi connectivity index (χ4n) is 5.44. The maximum atomic E-state index is 13.1. The number of carbonyl (C=O) groups is 8. The van der Waals surface area contributed by atoms with Crippen molar-refractivity contribution in [1.82, 2.24) is 10.6 Å². The molecule has 2 unspecified atom stereocenters. The van der Waals surface area contributed by atoms with Gasteiger partial charge < -0.3 is 77.7 Å². The number of benzene rings is 4. The number of aliphatic imine (C=N–C) groups is 2. The van der Waals surface area contributed by atoms with Gasteiger partial charge in [0.1, 0.15) is 48.3 Å². The third kappa shape index (κ3) is 16.8. The minimum Gasteiger partial charge on any atom is -0.491 e. The summed E-state index contributed by atoms with van der Waals surface area (Å²) in [5.74, 6) is -11.0. The summed E-state index contributed by atoms with van der Waals surface area (Å²) in [6, 6.07) is 14.6. The number of ether oxygens (including phenoxy) is 5. The number of aliphatic carboxylic acids is 4. The first-order chi connectivity index (χ1) is 31.8. The summed E-state index contributed by atoms with van der Waals surface area (Å²) in [4.78, 5) is 106. The Labute approximate surface area is 377 Å². The second kappa shape index (κ2) is 24.0. The predicted molar refractivity (Wildman–Crippen MR) is 231 cm³/mol. The SMILES string of the molecule is NC(N)=Nc1ccc(C(=O)Oc2cc(OCCOCCOc3cc(OC(=O)c4ccc(N=C(N)N)cc4)cc(C(=O)NC(CC(=O)O)C(=O)O)c3)cc(C(=O)NC(CC(=O)O)C(=O)O)c2)cc1. The lowest BCUT2D eigenvalue weighted by Gasteiger charge is -2.15. The van der Waals surface area contributed by atoms with Crippen LogP contribution in [0, 0.1) is 0 Å². The van der Waals surface area contributed by atoms with Crippen LogP contribution in [0.15, 0.2) is 94.9 Å². The van der Waals surface area contributed by atoms with Gasteiger partial charge >= 0.3 is 35.8 Å². The van der Waals surface area contributed by atoms with E-state index in [2.05, 4.69) is 20.6 Å². The number of amides is 2. The van der Waals surface area contributed by atoms with Crippen molar-refractivity contribution < 1.29 is 82.5 Å². The Kier molecular flexibility index (Phi) is 18.0. The average Bonchev–Trinajstić information content (AvgIpc) is 3.25. The smallest absolute Gasteiger partial charge is 0.343 e. The molecule has 0 heterocycles. The molecule has 352 valence electrons. The first-order valence-electron chi connectivity index (χ1n) is 19.2. The number of guanidine groups is 2. The van der Waals surface area contributed by atoms with Crippen molar-refractivity contribution in [3.8, 4) is 23.0 Å². The van der Waals surface area contributed by atoms with Crippen LogP contribution in [-0.2, 0) is 23.9 Å². The molecule has 2 atom stereocenters. The van der Waals surface area contributed by atoms with Crippen LogP contribution in [0.2, 0.25) is 0 Å². The van der Waals surface area contributed by atoms with E-state index in [0.29, 0.717) is 11.4 Å². The highest BCUT2D eigenvalue weighted by molar-refractivity contribution is 6.00. The normalized spacial score (nSPS) is 11.3. The third-order valence-electron chi connectivity index (χ3n) is 8.39. The molecule has 67 heavy (non-hydrogen) atoms. The molecule has 0 spiro atoms. The first-order valence-corrected chi connectivity index (χ1v) is 19.2. The molecule has 0 bridgehead atoms. The molecule has 4 aromatic carbocycles. The molecule has 14 N–H and O–H groups in total. The molecular formula is C42H42N8O17. The van der Waals surface area contributed by atoms with Crippen molar-refractivity contribution in [2.24, 2.45) is 32.9 Å². The topological polar surface area (TPSA) is 416 Å². The molecule has 0 saturated heterocycles. The van der Waals surface area contributed by atoms with Gasteiger partial charge in [0.2, 0.25) is 0 Å². The van der Waals surface area contributed by atoms with Gasteiger partial charge in [0.15, 0.2) is 11.9 Å². The van der Waals surface area contributed by atoms with E-state index < -0.39 is 72.6 Å². The molecule has 25 nitrogen and oxygen atoms in total. The Bertz CT molecular complexity index is 2380. The van der Waals surface area contributed by atoms with E-state index >= 15 is 0 Å². The zero-order valence-corrected chi connectivity index (χ0v) is 34.8. The van der Waals surface area contributed by atoms with Gasteiger partial charge in [-0.25, -0.2) is 29.2 Å². The van der Waals surface area contributed by atoms with Crippen LogP contribution < -0.4 is 52.5 Å². The lowest BCUT2D eigenvalue weighted by Crippen LogP contribution is -2.42. The largest absolute Gasteiger partial charge is 0.491 e. The van der Waals surface area contributed by atoms with E-state index in [9.17, 15) is 48.6 Å². The molecular weight excluding hydrogens is 889 g/mol. The van der Waals surface area contributed by atoms with E-state index in [0.717, 1.165) is 12.1 Å². The molecule has 4 aromatic rings. The van der Waals surface area contributed by atoms with E-state index in [-0.39, 0.29) is 83.6 Å². The Morgan fingerprint density at radius 2 is 0.821 bits per heavy atom. The number of nitrogens with zero attached hydrogens (tertiary/aromatic N) is 2. The van der Waals surface area contributed by atoms with Gasteiger partial charge in [0, 0.05) is 23.3 Å². The van der Waals surface area contributed by atoms with Gasteiger partial charge in [-0.3, -0.25) is 19.2 Å². The average molecular weight is 931 g/mol. The van der Waals surface area contributed by atoms with Crippen LogP contribution >= 0.6 is 0 Å². The van der Waals surface area contributed by atoms with Crippen molar-refractivity contribution in [1.29, 1.82) is 0 Å². The van der Waals surface area contributed by atoms with Crippen LogP contribution in [-0.4, -0.2) is 118 Å². The summed E-state index contributed by atoms with van der Waals surface area (Å²) in [6.07, 6.45) is -1.88. The molecule has 0 aliphatic carbocycles.